The number of para-hydroxylation sites is 1. The Hall–Kier alpha value is -2.50. The first kappa shape index (κ1) is 21.7. The Morgan fingerprint density at radius 3 is 2.19 bits per heavy atom. The smallest absolute Gasteiger partial charge is 0.112 e. The van der Waals surface area contributed by atoms with Gasteiger partial charge in [0.1, 0.15) is 5.03 Å². The maximum absolute atomic E-state index is 6.25. The van der Waals surface area contributed by atoms with Gasteiger partial charge in [0, 0.05) is 27.6 Å². The van der Waals surface area contributed by atoms with Crippen molar-refractivity contribution in [3.63, 3.8) is 0 Å². The lowest BCUT2D eigenvalue weighted by molar-refractivity contribution is 0.181. The van der Waals surface area contributed by atoms with Crippen molar-refractivity contribution < 1.29 is 4.74 Å². The van der Waals surface area contributed by atoms with E-state index in [1.165, 1.54) is 0 Å². The SMILES string of the molecule is COCc1nn(-c2ccccc2)c(Sc2cc(Cl)cc(Cl)c2)c1/C=C/c1ccccc1. The largest absolute Gasteiger partial charge is 0.378 e. The summed E-state index contributed by atoms with van der Waals surface area (Å²) in [6.07, 6.45) is 4.17. The second kappa shape index (κ2) is 10.2. The van der Waals surface area contributed by atoms with Gasteiger partial charge in [0.05, 0.1) is 18.0 Å². The molecule has 1 aromatic heterocycles. The highest BCUT2D eigenvalue weighted by Gasteiger charge is 2.19. The molecule has 0 radical (unpaired) electrons. The van der Waals surface area contributed by atoms with Crippen LogP contribution in [0.1, 0.15) is 16.8 Å². The fourth-order valence-electron chi connectivity index (χ4n) is 3.15. The summed E-state index contributed by atoms with van der Waals surface area (Å²) in [4.78, 5) is 0.938. The number of methoxy groups -OCH3 is 1. The molecule has 0 aliphatic heterocycles. The van der Waals surface area contributed by atoms with Crippen molar-refractivity contribution in [1.29, 1.82) is 0 Å². The van der Waals surface area contributed by atoms with Crippen molar-refractivity contribution >= 4 is 47.1 Å². The summed E-state index contributed by atoms with van der Waals surface area (Å²) in [5, 5.41) is 7.03. The lowest BCUT2D eigenvalue weighted by Crippen LogP contribution is -1.99. The van der Waals surface area contributed by atoms with Crippen molar-refractivity contribution in [1.82, 2.24) is 9.78 Å². The second-order valence-electron chi connectivity index (χ2n) is 6.80. The van der Waals surface area contributed by atoms with Crippen molar-refractivity contribution in [2.45, 2.75) is 16.5 Å². The Labute approximate surface area is 196 Å². The van der Waals surface area contributed by atoms with Crippen LogP contribution in [0.2, 0.25) is 10.0 Å². The minimum absolute atomic E-state index is 0.401. The van der Waals surface area contributed by atoms with Crippen LogP contribution in [-0.2, 0) is 11.3 Å². The number of halogens is 2. The zero-order valence-corrected chi connectivity index (χ0v) is 19.2. The highest BCUT2D eigenvalue weighted by molar-refractivity contribution is 7.99. The van der Waals surface area contributed by atoms with Crippen molar-refractivity contribution in [2.24, 2.45) is 0 Å². The summed E-state index contributed by atoms with van der Waals surface area (Å²) in [6, 6.07) is 25.8. The van der Waals surface area contributed by atoms with E-state index in [0.717, 1.165) is 32.4 Å². The molecule has 6 heteroatoms. The molecule has 0 N–H and O–H groups in total. The highest BCUT2D eigenvalue weighted by Crippen LogP contribution is 2.37. The van der Waals surface area contributed by atoms with Crippen LogP contribution < -0.4 is 0 Å². The van der Waals surface area contributed by atoms with E-state index in [0.29, 0.717) is 16.7 Å². The van der Waals surface area contributed by atoms with E-state index in [2.05, 4.69) is 24.3 Å². The standard InChI is InChI=1S/C25H20Cl2N2OS/c1-30-17-24-23(13-12-18-8-4-2-5-9-18)25(29(28-24)21-10-6-3-7-11-21)31-22-15-19(26)14-20(27)16-22/h2-16H,17H2,1H3/b13-12+. The van der Waals surface area contributed by atoms with Crippen molar-refractivity contribution in [3.8, 4) is 5.69 Å². The molecule has 3 nitrogen and oxygen atoms in total. The molecule has 0 bridgehead atoms. The Morgan fingerprint density at radius 2 is 1.55 bits per heavy atom. The number of hydrogen-bond acceptors (Lipinski definition) is 3. The highest BCUT2D eigenvalue weighted by atomic mass is 35.5. The van der Waals surface area contributed by atoms with E-state index < -0.39 is 0 Å². The molecule has 4 rings (SSSR count). The van der Waals surface area contributed by atoms with Crippen LogP contribution in [0.25, 0.3) is 17.8 Å². The monoisotopic (exact) mass is 466 g/mol. The van der Waals surface area contributed by atoms with Crippen LogP contribution >= 0.6 is 35.0 Å². The minimum Gasteiger partial charge on any atom is -0.378 e. The van der Waals surface area contributed by atoms with Gasteiger partial charge in [0.15, 0.2) is 0 Å². The quantitative estimate of drug-likeness (QED) is 0.279. The summed E-state index contributed by atoms with van der Waals surface area (Å²) in [5.74, 6) is 0. The zero-order valence-electron chi connectivity index (χ0n) is 16.8. The molecule has 1 heterocycles. The molecule has 0 saturated heterocycles. The minimum atomic E-state index is 0.401. The van der Waals surface area contributed by atoms with Gasteiger partial charge < -0.3 is 4.74 Å². The fourth-order valence-corrected chi connectivity index (χ4v) is 4.93. The fraction of sp³-hybridized carbons (Fsp3) is 0.0800. The molecule has 4 aromatic rings. The van der Waals surface area contributed by atoms with Crippen molar-refractivity contribution in [2.75, 3.05) is 7.11 Å². The molecule has 31 heavy (non-hydrogen) atoms. The van der Waals surface area contributed by atoms with E-state index in [1.54, 1.807) is 24.9 Å². The molecule has 0 aliphatic rings. The Morgan fingerprint density at radius 1 is 0.903 bits per heavy atom. The lowest BCUT2D eigenvalue weighted by atomic mass is 10.1. The van der Waals surface area contributed by atoms with Crippen LogP contribution in [0.4, 0.5) is 0 Å². The summed E-state index contributed by atoms with van der Waals surface area (Å²) in [5.41, 5.74) is 3.93. The molecule has 0 amide bonds. The first-order valence-electron chi connectivity index (χ1n) is 9.67. The Kier molecular flexibility index (Phi) is 7.15. The summed E-state index contributed by atoms with van der Waals surface area (Å²) in [7, 11) is 1.68. The second-order valence-corrected chi connectivity index (χ2v) is 8.73. The van der Waals surface area contributed by atoms with Crippen LogP contribution in [-0.4, -0.2) is 16.9 Å². The molecule has 0 fully saturated rings. The molecule has 0 spiro atoms. The van der Waals surface area contributed by atoms with E-state index in [9.17, 15) is 0 Å². The molecule has 0 aliphatic carbocycles. The average Bonchev–Trinajstić information content (AvgIpc) is 3.10. The number of hydrogen-bond donors (Lipinski definition) is 0. The number of rotatable bonds is 7. The van der Waals surface area contributed by atoms with Gasteiger partial charge >= 0.3 is 0 Å². The van der Waals surface area contributed by atoms with Gasteiger partial charge in [-0.1, -0.05) is 89.6 Å². The van der Waals surface area contributed by atoms with Crippen LogP contribution in [0.5, 0.6) is 0 Å². The lowest BCUT2D eigenvalue weighted by Gasteiger charge is -2.09. The van der Waals surface area contributed by atoms with Gasteiger partial charge in [-0.05, 0) is 42.0 Å². The number of nitrogens with zero attached hydrogens (tertiary/aromatic N) is 2. The molecular formula is C25H20Cl2N2OS. The van der Waals surface area contributed by atoms with E-state index in [-0.39, 0.29) is 0 Å². The van der Waals surface area contributed by atoms with E-state index in [1.807, 2.05) is 65.3 Å². The summed E-state index contributed by atoms with van der Waals surface area (Å²) < 4.78 is 7.39. The molecule has 0 atom stereocenters. The molecule has 156 valence electrons. The zero-order chi connectivity index (χ0) is 21.6. The molecule has 0 unspecified atom stereocenters. The maximum atomic E-state index is 6.25. The van der Waals surface area contributed by atoms with Gasteiger partial charge in [-0.3, -0.25) is 0 Å². The van der Waals surface area contributed by atoms with Gasteiger partial charge in [-0.2, -0.15) is 5.10 Å². The van der Waals surface area contributed by atoms with Crippen LogP contribution in [0, 0.1) is 0 Å². The molecule has 3 aromatic carbocycles. The van der Waals surface area contributed by atoms with Gasteiger partial charge in [0.25, 0.3) is 0 Å². The van der Waals surface area contributed by atoms with Crippen molar-refractivity contribution in [3.05, 3.63) is 106 Å². The van der Waals surface area contributed by atoms with E-state index >= 15 is 0 Å². The number of benzene rings is 3. The molecular weight excluding hydrogens is 447 g/mol. The van der Waals surface area contributed by atoms with Gasteiger partial charge in [0.2, 0.25) is 0 Å². The van der Waals surface area contributed by atoms with Crippen LogP contribution in [0.3, 0.4) is 0 Å². The third kappa shape index (κ3) is 5.41. The van der Waals surface area contributed by atoms with Crippen LogP contribution in [0.15, 0.2) is 88.8 Å². The first-order chi connectivity index (χ1) is 15.1. The Balaban J connectivity index is 1.86. The van der Waals surface area contributed by atoms with Gasteiger partial charge in [-0.25, -0.2) is 4.68 Å². The average molecular weight is 467 g/mol. The number of ether oxygens (including phenoxy) is 1. The topological polar surface area (TPSA) is 27.1 Å². The third-order valence-corrected chi connectivity index (χ3v) is 6.02. The normalized spacial score (nSPS) is 11.3. The third-order valence-electron chi connectivity index (χ3n) is 4.53. The molecule has 0 saturated carbocycles. The predicted octanol–water partition coefficient (Wildman–Crippen LogP) is 7.65. The van der Waals surface area contributed by atoms with Gasteiger partial charge in [-0.15, -0.1) is 0 Å². The predicted molar refractivity (Wildman–Crippen MR) is 130 cm³/mol. The summed E-state index contributed by atoms with van der Waals surface area (Å²) in [6.45, 7) is 0.401. The first-order valence-corrected chi connectivity index (χ1v) is 11.2. The maximum Gasteiger partial charge on any atom is 0.112 e. The number of aromatic nitrogens is 2. The van der Waals surface area contributed by atoms with E-state index in [4.69, 9.17) is 33.0 Å². The summed E-state index contributed by atoms with van der Waals surface area (Å²) >= 11 is 14.1. The Bertz CT molecular complexity index is 1170.